The maximum absolute atomic E-state index is 5.34. The standard InChI is InChI=1S/C96H90N8/c1-59-71-25-17-21-29-79(71)97-55-87(59)101(67-41-33-63(34-42-67)93(5,6)7)83-53-84(102(68-43-35-64(36-44-68)94(8,9)10)88-56-98-80-30-22-18-26-72(80)60(88)2)76-51-52-78-86(104(70-47-39-66(40-48-70)96(14,15)16)90-58-100-82-32-24-20-28-74(82)62(90)4)54-85(77-50-49-75(83)91(76)92(77)78)103(69-45-37-65(38-46-69)95(11,12)13)89-57-99-81-31-23-19-27-73(81)61(89)3/h17-58H,1-16H3. The molecule has 0 unspecified atom stereocenters. The molecule has 0 atom stereocenters. The van der Waals surface area contributed by atoms with Gasteiger partial charge in [0.05, 0.1) is 92.4 Å². The maximum atomic E-state index is 5.34. The number of hydrogen-bond donors (Lipinski definition) is 0. The molecule has 0 saturated carbocycles. The number of hydrogen-bond acceptors (Lipinski definition) is 8. The van der Waals surface area contributed by atoms with Crippen molar-refractivity contribution in [3.05, 3.63) is 300 Å². The molecule has 0 bridgehead atoms. The largest absolute Gasteiger partial charge is 0.308 e. The van der Waals surface area contributed by atoms with Crippen molar-refractivity contribution in [3.8, 4) is 0 Å². The monoisotopic (exact) mass is 1350 g/mol. The lowest BCUT2D eigenvalue weighted by Crippen LogP contribution is -2.18. The predicted octanol–water partition coefficient (Wildman–Crippen LogP) is 27.1. The van der Waals surface area contributed by atoms with Crippen molar-refractivity contribution in [2.75, 3.05) is 19.6 Å². The van der Waals surface area contributed by atoms with Gasteiger partial charge >= 0.3 is 0 Å². The molecule has 0 fully saturated rings. The lowest BCUT2D eigenvalue weighted by molar-refractivity contribution is 0.590. The molecule has 8 nitrogen and oxygen atoms in total. The van der Waals surface area contributed by atoms with Crippen LogP contribution >= 0.6 is 0 Å². The second-order valence-corrected chi connectivity index (χ2v) is 32.6. The Morgan fingerprint density at radius 1 is 0.212 bits per heavy atom. The van der Waals surface area contributed by atoms with Crippen LogP contribution in [0, 0.1) is 27.7 Å². The highest BCUT2D eigenvalue weighted by Crippen LogP contribution is 2.57. The fourth-order valence-corrected chi connectivity index (χ4v) is 15.7. The summed E-state index contributed by atoms with van der Waals surface area (Å²) < 4.78 is 0. The van der Waals surface area contributed by atoms with Gasteiger partial charge in [-0.15, -0.1) is 0 Å². The first kappa shape index (κ1) is 67.0. The third kappa shape index (κ3) is 11.6. The minimum atomic E-state index is -0.0952. The number of para-hydroxylation sites is 4. The van der Waals surface area contributed by atoms with Crippen molar-refractivity contribution in [2.45, 2.75) is 132 Å². The number of anilines is 12. The van der Waals surface area contributed by atoms with Crippen LogP contribution in [0.5, 0.6) is 0 Å². The highest BCUT2D eigenvalue weighted by atomic mass is 15.2. The minimum Gasteiger partial charge on any atom is -0.308 e. The van der Waals surface area contributed by atoms with Gasteiger partial charge in [-0.2, -0.15) is 0 Å². The zero-order valence-electron chi connectivity index (χ0n) is 62.8. The van der Waals surface area contributed by atoms with E-state index in [-0.39, 0.29) is 21.7 Å². The van der Waals surface area contributed by atoms with E-state index < -0.39 is 0 Å². The summed E-state index contributed by atoms with van der Waals surface area (Å²) in [6, 6.07) is 85.8. The van der Waals surface area contributed by atoms with Gasteiger partial charge in [0, 0.05) is 76.6 Å². The molecule has 8 heteroatoms. The number of nitrogens with zero attached hydrogens (tertiary/aromatic N) is 8. The van der Waals surface area contributed by atoms with Crippen LogP contribution in [0.1, 0.15) is 128 Å². The average molecular weight is 1360 g/mol. The molecule has 16 rings (SSSR count). The molecule has 514 valence electrons. The molecule has 12 aromatic carbocycles. The molecular formula is C96H90N8. The van der Waals surface area contributed by atoms with Crippen LogP contribution in [0.3, 0.4) is 0 Å². The van der Waals surface area contributed by atoms with Crippen LogP contribution in [0.15, 0.2) is 255 Å². The fraction of sp³-hybridized carbons (Fsp3) is 0.208. The molecule has 0 amide bonds. The van der Waals surface area contributed by atoms with Crippen molar-refractivity contribution in [1.29, 1.82) is 0 Å². The van der Waals surface area contributed by atoms with Crippen molar-refractivity contribution in [2.24, 2.45) is 0 Å². The van der Waals surface area contributed by atoms with Crippen LogP contribution < -0.4 is 19.6 Å². The van der Waals surface area contributed by atoms with Gasteiger partial charge in [-0.25, -0.2) is 0 Å². The lowest BCUT2D eigenvalue weighted by Gasteiger charge is -2.35. The zero-order chi connectivity index (χ0) is 72.5. The van der Waals surface area contributed by atoms with E-state index in [1.807, 2.05) is 0 Å². The minimum absolute atomic E-state index is 0.0952. The van der Waals surface area contributed by atoms with Crippen LogP contribution in [0.4, 0.5) is 68.2 Å². The van der Waals surface area contributed by atoms with Gasteiger partial charge in [0.2, 0.25) is 0 Å². The first-order valence-electron chi connectivity index (χ1n) is 36.6. The quantitative estimate of drug-likeness (QED) is 0.112. The lowest BCUT2D eigenvalue weighted by atomic mass is 9.86. The summed E-state index contributed by atoms with van der Waals surface area (Å²) >= 11 is 0. The number of fused-ring (bicyclic) bond motifs is 4. The Balaban J connectivity index is 1.13. The van der Waals surface area contributed by atoms with E-state index in [0.717, 1.165) is 166 Å². The topological polar surface area (TPSA) is 64.5 Å². The molecule has 0 aliphatic rings. The Bertz CT molecular complexity index is 5270. The van der Waals surface area contributed by atoms with E-state index in [1.54, 1.807) is 0 Å². The van der Waals surface area contributed by atoms with Crippen molar-refractivity contribution >= 4 is 144 Å². The zero-order valence-corrected chi connectivity index (χ0v) is 62.8. The summed E-state index contributed by atoms with van der Waals surface area (Å²) in [7, 11) is 0. The third-order valence-electron chi connectivity index (χ3n) is 21.8. The van der Waals surface area contributed by atoms with Crippen molar-refractivity contribution in [1.82, 2.24) is 19.9 Å². The van der Waals surface area contributed by atoms with Gasteiger partial charge in [-0.05, 0) is 179 Å². The summed E-state index contributed by atoms with van der Waals surface area (Å²) in [6.07, 6.45) is 8.37. The highest BCUT2D eigenvalue weighted by Gasteiger charge is 2.33. The Morgan fingerprint density at radius 3 is 0.596 bits per heavy atom. The molecule has 4 heterocycles. The first-order chi connectivity index (χ1) is 49.8. The highest BCUT2D eigenvalue weighted by molar-refractivity contribution is 6.33. The van der Waals surface area contributed by atoms with Gasteiger partial charge in [-0.3, -0.25) is 19.9 Å². The molecular weight excluding hydrogens is 1270 g/mol. The summed E-state index contributed by atoms with van der Waals surface area (Å²) in [5.41, 5.74) is 24.8. The second-order valence-electron chi connectivity index (χ2n) is 32.6. The van der Waals surface area contributed by atoms with Gasteiger partial charge in [-0.1, -0.05) is 229 Å². The van der Waals surface area contributed by atoms with E-state index in [4.69, 9.17) is 19.9 Å². The molecule has 0 aliphatic carbocycles. The van der Waals surface area contributed by atoms with Crippen LogP contribution in [-0.4, -0.2) is 19.9 Å². The Morgan fingerprint density at radius 2 is 0.404 bits per heavy atom. The molecule has 0 N–H and O–H groups in total. The Kier molecular flexibility index (Phi) is 16.2. The SMILES string of the molecule is Cc1c(N(c2ccc(C(C)(C)C)cc2)c2cc(N(c3ccc(C(C)(C)C)cc3)c3cnc4ccccc4c3C)c3ccc4c(N(c5ccc(C(C)(C)C)cc5)c5cnc6ccccc6c5C)cc(N(c5ccc(C(C)(C)C)cc5)c5cnc6ccccc6c5C)c5ccc2c3c54)cnc2ccccc12. The van der Waals surface area contributed by atoms with Gasteiger partial charge < -0.3 is 19.6 Å². The number of rotatable bonds is 12. The van der Waals surface area contributed by atoms with Gasteiger partial charge in [0.25, 0.3) is 0 Å². The second kappa shape index (κ2) is 25.2. The number of pyridine rings is 4. The summed E-state index contributed by atoms with van der Waals surface area (Å²) in [6.45, 7) is 36.5. The van der Waals surface area contributed by atoms with Crippen LogP contribution in [0.2, 0.25) is 0 Å². The van der Waals surface area contributed by atoms with E-state index >= 15 is 0 Å². The van der Waals surface area contributed by atoms with E-state index in [0.29, 0.717) is 0 Å². The molecule has 0 aliphatic heterocycles. The Labute approximate surface area is 612 Å². The van der Waals surface area contributed by atoms with Gasteiger partial charge in [0.1, 0.15) is 0 Å². The van der Waals surface area contributed by atoms with Gasteiger partial charge in [0.15, 0.2) is 0 Å². The number of aromatic nitrogens is 4. The third-order valence-corrected chi connectivity index (χ3v) is 21.8. The summed E-state index contributed by atoms with van der Waals surface area (Å²) in [5.74, 6) is 0. The van der Waals surface area contributed by atoms with E-state index in [2.05, 4.69) is 386 Å². The smallest absolute Gasteiger partial charge is 0.0706 e. The predicted molar refractivity (Wildman–Crippen MR) is 444 cm³/mol. The average Bonchev–Trinajstić information content (AvgIpc) is 0.697. The fourth-order valence-electron chi connectivity index (χ4n) is 15.7. The summed E-state index contributed by atoms with van der Waals surface area (Å²) in [5, 5.41) is 10.9. The van der Waals surface area contributed by atoms with E-state index in [9.17, 15) is 0 Å². The van der Waals surface area contributed by atoms with Crippen molar-refractivity contribution < 1.29 is 0 Å². The molecule has 104 heavy (non-hydrogen) atoms. The molecule has 0 saturated heterocycles. The molecule has 0 spiro atoms. The van der Waals surface area contributed by atoms with E-state index in [1.165, 1.54) is 22.3 Å². The molecule has 0 radical (unpaired) electrons. The molecule has 16 aromatic rings. The summed E-state index contributed by atoms with van der Waals surface area (Å²) in [4.78, 5) is 31.3. The number of benzene rings is 12. The molecule has 4 aromatic heterocycles. The maximum Gasteiger partial charge on any atom is 0.0706 e. The first-order valence-corrected chi connectivity index (χ1v) is 36.6. The Hall–Kier alpha value is -11.5. The van der Waals surface area contributed by atoms with Crippen LogP contribution in [0.25, 0.3) is 75.9 Å². The number of aryl methyl sites for hydroxylation is 4. The van der Waals surface area contributed by atoms with Crippen molar-refractivity contribution in [3.63, 3.8) is 0 Å². The van der Waals surface area contributed by atoms with Crippen LogP contribution in [-0.2, 0) is 21.7 Å². The normalized spacial score (nSPS) is 12.4.